The molecular formula is C24H19Cl3F7N3O2. The standard InChI is InChI=1S/C24H19Cl3F7N3O2/c1-10(36-22(39)37-13-3-4-13)35-21(38)14-5-2-11(6-16(14)24(32,33)34)19(28)9-15(23(29,30)31)12-7-17(25)20(27)18(26)8-12/h2,5-10,13,15H,3-4H2,1H3,(H,35,38)(H2,36,37,39)/b19-9-. The van der Waals surface area contributed by atoms with Gasteiger partial charge < -0.3 is 16.0 Å². The monoisotopic (exact) mass is 619 g/mol. The molecule has 2 unspecified atom stereocenters. The van der Waals surface area contributed by atoms with E-state index in [2.05, 4.69) is 16.0 Å². The number of urea groups is 1. The summed E-state index contributed by atoms with van der Waals surface area (Å²) in [5.41, 5.74) is -4.00. The van der Waals surface area contributed by atoms with Crippen LogP contribution in [-0.2, 0) is 6.18 Å². The summed E-state index contributed by atoms with van der Waals surface area (Å²) in [5, 5.41) is 6.16. The number of nitrogens with one attached hydrogen (secondary N) is 3. The van der Waals surface area contributed by atoms with Gasteiger partial charge >= 0.3 is 18.4 Å². The lowest BCUT2D eigenvalue weighted by molar-refractivity contribution is -0.140. The van der Waals surface area contributed by atoms with Crippen molar-refractivity contribution in [2.75, 3.05) is 0 Å². The molecule has 1 saturated carbocycles. The minimum Gasteiger partial charge on any atom is -0.335 e. The zero-order valence-corrected chi connectivity index (χ0v) is 22.0. The second kappa shape index (κ2) is 11.8. The summed E-state index contributed by atoms with van der Waals surface area (Å²) in [6, 6.07) is 2.55. The number of alkyl halides is 6. The van der Waals surface area contributed by atoms with Crippen LogP contribution in [0.15, 0.2) is 36.4 Å². The first kappa shape index (κ1) is 30.8. The van der Waals surface area contributed by atoms with E-state index in [0.29, 0.717) is 6.07 Å². The van der Waals surface area contributed by atoms with Crippen LogP contribution in [0.1, 0.15) is 52.7 Å². The highest BCUT2D eigenvalue weighted by Gasteiger charge is 2.41. The first-order chi connectivity index (χ1) is 18.0. The number of allylic oxidation sites excluding steroid dienone is 1. The summed E-state index contributed by atoms with van der Waals surface area (Å²) in [6.45, 7) is 1.31. The summed E-state index contributed by atoms with van der Waals surface area (Å²) in [6.07, 6.45) is -9.71. The average Bonchev–Trinajstić information content (AvgIpc) is 3.62. The number of halogens is 10. The van der Waals surface area contributed by atoms with E-state index in [1.807, 2.05) is 0 Å². The fourth-order valence-corrected chi connectivity index (χ4v) is 4.08. The molecule has 2 atom stereocenters. The van der Waals surface area contributed by atoms with E-state index >= 15 is 0 Å². The first-order valence-corrected chi connectivity index (χ1v) is 12.3. The lowest BCUT2D eigenvalue weighted by atomic mass is 9.95. The van der Waals surface area contributed by atoms with Crippen molar-refractivity contribution < 1.29 is 40.3 Å². The van der Waals surface area contributed by atoms with Crippen LogP contribution in [0.25, 0.3) is 5.83 Å². The number of hydrogen-bond acceptors (Lipinski definition) is 2. The van der Waals surface area contributed by atoms with Crippen LogP contribution in [0.2, 0.25) is 15.1 Å². The maximum Gasteiger partial charge on any atom is 0.417 e. The van der Waals surface area contributed by atoms with Crippen molar-refractivity contribution in [3.05, 3.63) is 73.7 Å². The zero-order chi connectivity index (χ0) is 29.3. The normalized spacial score (nSPS) is 15.9. The molecule has 0 saturated heterocycles. The molecular weight excluding hydrogens is 602 g/mol. The van der Waals surface area contributed by atoms with Gasteiger partial charge in [-0.15, -0.1) is 0 Å². The molecule has 3 amide bonds. The van der Waals surface area contributed by atoms with Crippen LogP contribution < -0.4 is 16.0 Å². The minimum atomic E-state index is -5.18. The molecule has 1 aliphatic carbocycles. The van der Waals surface area contributed by atoms with Crippen LogP contribution >= 0.6 is 34.8 Å². The molecule has 3 rings (SSSR count). The molecule has 39 heavy (non-hydrogen) atoms. The molecule has 0 bridgehead atoms. The Morgan fingerprint density at radius 2 is 1.56 bits per heavy atom. The van der Waals surface area contributed by atoms with E-state index in [1.54, 1.807) is 0 Å². The van der Waals surface area contributed by atoms with Crippen molar-refractivity contribution in [1.29, 1.82) is 0 Å². The summed E-state index contributed by atoms with van der Waals surface area (Å²) < 4.78 is 97.6. The molecule has 3 N–H and O–H groups in total. The van der Waals surface area contributed by atoms with Gasteiger partial charge in [-0.1, -0.05) is 40.9 Å². The topological polar surface area (TPSA) is 70.2 Å². The van der Waals surface area contributed by atoms with Crippen LogP contribution in [0.5, 0.6) is 0 Å². The molecule has 5 nitrogen and oxygen atoms in total. The molecule has 2 aromatic carbocycles. The predicted octanol–water partition coefficient (Wildman–Crippen LogP) is 7.86. The van der Waals surface area contributed by atoms with Gasteiger partial charge in [-0.3, -0.25) is 4.79 Å². The number of carbonyl (C=O) groups excluding carboxylic acids is 2. The van der Waals surface area contributed by atoms with Gasteiger partial charge in [-0.05, 0) is 55.7 Å². The molecule has 1 aliphatic rings. The fraction of sp³-hybridized carbons (Fsp3) is 0.333. The number of hydrogen-bond donors (Lipinski definition) is 3. The Balaban J connectivity index is 1.91. The van der Waals surface area contributed by atoms with E-state index in [-0.39, 0.29) is 33.3 Å². The van der Waals surface area contributed by atoms with Gasteiger partial charge in [0.1, 0.15) is 17.9 Å². The van der Waals surface area contributed by atoms with Gasteiger partial charge in [0.25, 0.3) is 5.91 Å². The van der Waals surface area contributed by atoms with Crippen LogP contribution in [0.4, 0.5) is 35.5 Å². The largest absolute Gasteiger partial charge is 0.417 e. The molecule has 2 aromatic rings. The molecule has 0 aliphatic heterocycles. The fourth-order valence-electron chi connectivity index (χ4n) is 3.46. The van der Waals surface area contributed by atoms with Crippen molar-refractivity contribution in [1.82, 2.24) is 16.0 Å². The minimum absolute atomic E-state index is 0.00848. The Morgan fingerprint density at radius 1 is 0.974 bits per heavy atom. The van der Waals surface area contributed by atoms with Crippen molar-refractivity contribution in [2.45, 2.75) is 50.2 Å². The highest BCUT2D eigenvalue weighted by molar-refractivity contribution is 6.48. The number of carbonyl (C=O) groups is 2. The SMILES string of the molecule is CC(NC(=O)NC1CC1)NC(=O)c1ccc(/C(F)=C/C(c2cc(Cl)c(Cl)c(Cl)c2)C(F)(F)F)cc1C(F)(F)F. The van der Waals surface area contributed by atoms with Gasteiger partial charge in [-0.25, -0.2) is 9.18 Å². The lowest BCUT2D eigenvalue weighted by Gasteiger charge is -2.20. The summed E-state index contributed by atoms with van der Waals surface area (Å²) >= 11 is 17.3. The molecule has 15 heteroatoms. The van der Waals surface area contributed by atoms with Gasteiger partial charge in [0.2, 0.25) is 0 Å². The molecule has 212 valence electrons. The highest BCUT2D eigenvalue weighted by atomic mass is 35.5. The molecule has 0 spiro atoms. The van der Waals surface area contributed by atoms with E-state index in [4.69, 9.17) is 34.8 Å². The van der Waals surface area contributed by atoms with Crippen molar-refractivity contribution in [3.8, 4) is 0 Å². The first-order valence-electron chi connectivity index (χ1n) is 11.2. The van der Waals surface area contributed by atoms with Gasteiger partial charge in [0.05, 0.1) is 26.2 Å². The van der Waals surface area contributed by atoms with Crippen molar-refractivity contribution >= 4 is 52.6 Å². The van der Waals surface area contributed by atoms with Crippen LogP contribution in [-0.4, -0.2) is 30.3 Å². The Kier molecular flexibility index (Phi) is 9.34. The number of rotatable bonds is 7. The number of benzene rings is 2. The van der Waals surface area contributed by atoms with E-state index < -0.39 is 64.5 Å². The lowest BCUT2D eigenvalue weighted by Crippen LogP contribution is -2.50. The third kappa shape index (κ3) is 8.15. The van der Waals surface area contributed by atoms with Gasteiger partial charge in [0.15, 0.2) is 0 Å². The third-order valence-electron chi connectivity index (χ3n) is 5.48. The highest BCUT2D eigenvalue weighted by Crippen LogP contribution is 2.42. The maximum absolute atomic E-state index is 15.0. The predicted molar refractivity (Wildman–Crippen MR) is 132 cm³/mol. The summed E-state index contributed by atoms with van der Waals surface area (Å²) in [7, 11) is 0. The second-order valence-corrected chi connectivity index (χ2v) is 9.87. The maximum atomic E-state index is 15.0. The summed E-state index contributed by atoms with van der Waals surface area (Å²) in [4.78, 5) is 24.3. The average molecular weight is 621 g/mol. The van der Waals surface area contributed by atoms with Gasteiger partial charge in [0, 0.05) is 11.6 Å². The van der Waals surface area contributed by atoms with Crippen molar-refractivity contribution in [2.24, 2.45) is 0 Å². The smallest absolute Gasteiger partial charge is 0.335 e. The van der Waals surface area contributed by atoms with Gasteiger partial charge in [-0.2, -0.15) is 26.3 Å². The molecule has 0 radical (unpaired) electrons. The third-order valence-corrected chi connectivity index (χ3v) is 6.68. The number of amides is 3. The van der Waals surface area contributed by atoms with E-state index in [0.717, 1.165) is 31.0 Å². The molecule has 0 heterocycles. The zero-order valence-electron chi connectivity index (χ0n) is 19.7. The van der Waals surface area contributed by atoms with Crippen LogP contribution in [0, 0.1) is 0 Å². The Labute approximate surface area is 232 Å². The Morgan fingerprint density at radius 3 is 2.08 bits per heavy atom. The van der Waals surface area contributed by atoms with Crippen LogP contribution in [0.3, 0.4) is 0 Å². The molecule has 0 aromatic heterocycles. The Hall–Kier alpha value is -2.70. The van der Waals surface area contributed by atoms with E-state index in [9.17, 15) is 40.3 Å². The Bertz CT molecular complexity index is 1270. The summed E-state index contributed by atoms with van der Waals surface area (Å²) in [5.74, 6) is -5.55. The molecule has 1 fully saturated rings. The quantitative estimate of drug-likeness (QED) is 0.168. The second-order valence-electron chi connectivity index (χ2n) is 8.68. The van der Waals surface area contributed by atoms with E-state index in [1.165, 1.54) is 6.92 Å². The van der Waals surface area contributed by atoms with Crippen molar-refractivity contribution in [3.63, 3.8) is 0 Å².